The van der Waals surface area contributed by atoms with Crippen molar-refractivity contribution in [1.82, 2.24) is 4.90 Å². The summed E-state index contributed by atoms with van der Waals surface area (Å²) in [6.07, 6.45) is 5.41. The molecule has 18 heavy (non-hydrogen) atoms. The highest BCUT2D eigenvalue weighted by atomic mass is 16.5. The fraction of sp³-hybridized carbons (Fsp3) is 1.00. The summed E-state index contributed by atoms with van der Waals surface area (Å²) in [6.45, 7) is 10.9. The maximum Gasteiger partial charge on any atom is 0.0757 e. The zero-order chi connectivity index (χ0) is 13.3. The van der Waals surface area contributed by atoms with Crippen molar-refractivity contribution in [2.75, 3.05) is 13.1 Å². The van der Waals surface area contributed by atoms with Crippen LogP contribution in [0.3, 0.4) is 0 Å². The number of hydrogen-bond acceptors (Lipinski definition) is 3. The van der Waals surface area contributed by atoms with Gasteiger partial charge in [0.25, 0.3) is 0 Å². The molecule has 0 aromatic heterocycles. The van der Waals surface area contributed by atoms with Crippen molar-refractivity contribution in [2.45, 2.75) is 77.2 Å². The molecular weight excluding hydrogens is 224 g/mol. The van der Waals surface area contributed by atoms with Gasteiger partial charge in [-0.1, -0.05) is 13.3 Å². The first-order chi connectivity index (χ1) is 8.41. The van der Waals surface area contributed by atoms with Gasteiger partial charge >= 0.3 is 0 Å². The zero-order valence-electron chi connectivity index (χ0n) is 12.5. The van der Waals surface area contributed by atoms with Crippen LogP contribution in [-0.4, -0.2) is 41.8 Å². The number of ether oxygens (including phenoxy) is 1. The van der Waals surface area contributed by atoms with Gasteiger partial charge in [0, 0.05) is 25.2 Å². The summed E-state index contributed by atoms with van der Waals surface area (Å²) < 4.78 is 6.00. The molecule has 0 bridgehead atoms. The Morgan fingerprint density at radius 1 is 1.33 bits per heavy atom. The summed E-state index contributed by atoms with van der Waals surface area (Å²) in [7, 11) is 0. The average molecular weight is 254 g/mol. The van der Waals surface area contributed by atoms with Crippen molar-refractivity contribution in [2.24, 2.45) is 11.7 Å². The summed E-state index contributed by atoms with van der Waals surface area (Å²) in [4.78, 5) is 2.60. The Morgan fingerprint density at radius 3 is 2.67 bits per heavy atom. The highest BCUT2D eigenvalue weighted by Crippen LogP contribution is 2.32. The summed E-state index contributed by atoms with van der Waals surface area (Å²) in [5.74, 6) is 0.871. The minimum Gasteiger partial charge on any atom is -0.370 e. The van der Waals surface area contributed by atoms with E-state index in [1.165, 1.54) is 25.7 Å². The first-order valence-electron chi connectivity index (χ1n) is 7.58. The number of rotatable bonds is 2. The Bertz CT molecular complexity index is 280. The highest BCUT2D eigenvalue weighted by molar-refractivity contribution is 4.94. The van der Waals surface area contributed by atoms with E-state index in [1.807, 2.05) is 0 Å². The first-order valence-corrected chi connectivity index (χ1v) is 7.58. The van der Waals surface area contributed by atoms with Crippen molar-refractivity contribution >= 4 is 0 Å². The van der Waals surface area contributed by atoms with Crippen LogP contribution >= 0.6 is 0 Å². The Kier molecular flexibility index (Phi) is 4.35. The SMILES string of the molecule is CCC1CCC(N)C(N2CC(C)OC(C)(C)C2)C1. The van der Waals surface area contributed by atoms with E-state index in [2.05, 4.69) is 32.6 Å². The molecule has 0 spiro atoms. The molecule has 1 aliphatic heterocycles. The first kappa shape index (κ1) is 14.3. The molecule has 3 heteroatoms. The van der Waals surface area contributed by atoms with Crippen LogP contribution in [0.25, 0.3) is 0 Å². The summed E-state index contributed by atoms with van der Waals surface area (Å²) in [5, 5.41) is 0. The molecule has 1 heterocycles. The van der Waals surface area contributed by atoms with E-state index in [0.717, 1.165) is 19.0 Å². The number of morpholine rings is 1. The molecule has 2 fully saturated rings. The van der Waals surface area contributed by atoms with Crippen LogP contribution in [0.2, 0.25) is 0 Å². The van der Waals surface area contributed by atoms with Crippen LogP contribution < -0.4 is 5.73 Å². The molecule has 106 valence electrons. The fourth-order valence-electron chi connectivity index (χ4n) is 3.80. The van der Waals surface area contributed by atoms with Gasteiger partial charge in [-0.3, -0.25) is 4.90 Å². The van der Waals surface area contributed by atoms with Crippen molar-refractivity contribution in [1.29, 1.82) is 0 Å². The van der Waals surface area contributed by atoms with Gasteiger partial charge in [0.15, 0.2) is 0 Å². The third kappa shape index (κ3) is 3.25. The van der Waals surface area contributed by atoms with Crippen LogP contribution in [0.15, 0.2) is 0 Å². The van der Waals surface area contributed by atoms with Gasteiger partial charge in [0.2, 0.25) is 0 Å². The summed E-state index contributed by atoms with van der Waals surface area (Å²) in [6, 6.07) is 0.920. The van der Waals surface area contributed by atoms with Gasteiger partial charge in [-0.15, -0.1) is 0 Å². The van der Waals surface area contributed by atoms with Crippen LogP contribution in [0.5, 0.6) is 0 Å². The quantitative estimate of drug-likeness (QED) is 0.822. The number of nitrogens with two attached hydrogens (primary N) is 1. The van der Waals surface area contributed by atoms with Gasteiger partial charge in [0.1, 0.15) is 0 Å². The lowest BCUT2D eigenvalue weighted by atomic mass is 9.80. The van der Waals surface area contributed by atoms with E-state index in [0.29, 0.717) is 18.2 Å². The Labute approximate surface area is 112 Å². The van der Waals surface area contributed by atoms with Gasteiger partial charge in [-0.25, -0.2) is 0 Å². The second-order valence-corrected chi connectivity index (χ2v) is 6.94. The molecule has 2 rings (SSSR count). The van der Waals surface area contributed by atoms with Crippen LogP contribution in [0.1, 0.15) is 53.4 Å². The predicted molar refractivity (Wildman–Crippen MR) is 75.6 cm³/mol. The van der Waals surface area contributed by atoms with Crippen LogP contribution in [0, 0.1) is 5.92 Å². The lowest BCUT2D eigenvalue weighted by Crippen LogP contribution is -2.60. The molecule has 1 saturated carbocycles. The Hall–Kier alpha value is -0.120. The van der Waals surface area contributed by atoms with Gasteiger partial charge < -0.3 is 10.5 Å². The van der Waals surface area contributed by atoms with Crippen LogP contribution in [-0.2, 0) is 4.74 Å². The molecule has 2 aliphatic rings. The van der Waals surface area contributed by atoms with Gasteiger partial charge in [-0.2, -0.15) is 0 Å². The smallest absolute Gasteiger partial charge is 0.0757 e. The molecule has 0 aromatic carbocycles. The van der Waals surface area contributed by atoms with E-state index in [9.17, 15) is 0 Å². The van der Waals surface area contributed by atoms with Crippen molar-refractivity contribution in [3.63, 3.8) is 0 Å². The van der Waals surface area contributed by atoms with Crippen LogP contribution in [0.4, 0.5) is 0 Å². The molecule has 2 N–H and O–H groups in total. The molecular formula is C15H30N2O. The molecule has 0 aromatic rings. The zero-order valence-corrected chi connectivity index (χ0v) is 12.5. The molecule has 4 unspecified atom stereocenters. The standard InChI is InChI=1S/C15H30N2O/c1-5-12-6-7-13(16)14(8-12)17-9-11(2)18-15(3,4)10-17/h11-14H,5-10,16H2,1-4H3. The second-order valence-electron chi connectivity index (χ2n) is 6.94. The van der Waals surface area contributed by atoms with Crippen molar-refractivity contribution in [3.05, 3.63) is 0 Å². The topological polar surface area (TPSA) is 38.5 Å². The minimum atomic E-state index is -0.0312. The maximum absolute atomic E-state index is 6.38. The maximum atomic E-state index is 6.38. The van der Waals surface area contributed by atoms with E-state index >= 15 is 0 Å². The van der Waals surface area contributed by atoms with Gasteiger partial charge in [0.05, 0.1) is 11.7 Å². The molecule has 4 atom stereocenters. The third-order valence-electron chi connectivity index (χ3n) is 4.62. The van der Waals surface area contributed by atoms with Gasteiger partial charge in [-0.05, 0) is 46.0 Å². The highest BCUT2D eigenvalue weighted by Gasteiger charge is 2.38. The monoisotopic (exact) mass is 254 g/mol. The van der Waals surface area contributed by atoms with Crippen molar-refractivity contribution in [3.8, 4) is 0 Å². The molecule has 3 nitrogen and oxygen atoms in total. The van der Waals surface area contributed by atoms with Crippen molar-refractivity contribution < 1.29 is 4.74 Å². The van der Waals surface area contributed by atoms with E-state index < -0.39 is 0 Å². The average Bonchev–Trinajstić information content (AvgIpc) is 2.27. The minimum absolute atomic E-state index is 0.0312. The number of nitrogens with zero attached hydrogens (tertiary/aromatic N) is 1. The Morgan fingerprint density at radius 2 is 2.06 bits per heavy atom. The number of hydrogen-bond donors (Lipinski definition) is 1. The normalized spacial score (nSPS) is 41.8. The fourth-order valence-corrected chi connectivity index (χ4v) is 3.80. The molecule has 0 amide bonds. The second kappa shape index (κ2) is 5.48. The lowest BCUT2D eigenvalue weighted by Gasteiger charge is -2.48. The summed E-state index contributed by atoms with van der Waals surface area (Å²) >= 11 is 0. The predicted octanol–water partition coefficient (Wildman–Crippen LogP) is 2.39. The molecule has 1 aliphatic carbocycles. The lowest BCUT2D eigenvalue weighted by molar-refractivity contribution is -0.143. The van der Waals surface area contributed by atoms with E-state index in [4.69, 9.17) is 10.5 Å². The van der Waals surface area contributed by atoms with E-state index in [-0.39, 0.29) is 5.60 Å². The molecule has 1 saturated heterocycles. The van der Waals surface area contributed by atoms with E-state index in [1.54, 1.807) is 0 Å². The third-order valence-corrected chi connectivity index (χ3v) is 4.62. The Balaban J connectivity index is 2.04. The summed E-state index contributed by atoms with van der Waals surface area (Å²) in [5.41, 5.74) is 6.35. The largest absolute Gasteiger partial charge is 0.370 e. The molecule has 0 radical (unpaired) electrons.